The second-order valence-electron chi connectivity index (χ2n) is 5.08. The first-order chi connectivity index (χ1) is 9.54. The fraction of sp³-hybridized carbons (Fsp3) is 0.385. The van der Waals surface area contributed by atoms with Gasteiger partial charge in [0.1, 0.15) is 0 Å². The van der Waals surface area contributed by atoms with Gasteiger partial charge in [0.25, 0.3) is 0 Å². The molecule has 7 heteroatoms. The fourth-order valence-electron chi connectivity index (χ4n) is 2.59. The summed E-state index contributed by atoms with van der Waals surface area (Å²) in [6, 6.07) is 3.71. The molecule has 1 aromatic heterocycles. The molecule has 1 aliphatic rings. The number of fused-ring (bicyclic) bond motifs is 1. The minimum atomic E-state index is -0.260. The zero-order valence-electron chi connectivity index (χ0n) is 10.9. The zero-order valence-corrected chi connectivity index (χ0v) is 12.5. The van der Waals surface area contributed by atoms with Gasteiger partial charge in [-0.15, -0.1) is 0 Å². The Morgan fingerprint density at radius 3 is 2.70 bits per heavy atom. The molecule has 1 amide bonds. The van der Waals surface area contributed by atoms with Crippen molar-refractivity contribution in [1.29, 1.82) is 0 Å². The molecule has 6 nitrogen and oxygen atoms in total. The minimum absolute atomic E-state index is 0.000401. The second-order valence-corrected chi connectivity index (χ2v) is 5.94. The first-order valence-electron chi connectivity index (χ1n) is 6.50. The van der Waals surface area contributed by atoms with Crippen LogP contribution in [0.4, 0.5) is 5.69 Å². The third kappa shape index (κ3) is 2.38. The van der Waals surface area contributed by atoms with Gasteiger partial charge >= 0.3 is 5.69 Å². The van der Waals surface area contributed by atoms with E-state index in [1.54, 1.807) is 12.1 Å². The van der Waals surface area contributed by atoms with Gasteiger partial charge in [0, 0.05) is 10.5 Å². The van der Waals surface area contributed by atoms with Gasteiger partial charge in [0.2, 0.25) is 5.91 Å². The Kier molecular flexibility index (Phi) is 3.39. The number of hydrogen-bond donors (Lipinski definition) is 4. The number of hydrogen-bond acceptors (Lipinski definition) is 3. The van der Waals surface area contributed by atoms with Crippen LogP contribution in [0.1, 0.15) is 13.3 Å². The van der Waals surface area contributed by atoms with Gasteiger partial charge in [-0.1, -0.05) is 0 Å². The number of anilines is 1. The number of amides is 1. The lowest BCUT2D eigenvalue weighted by molar-refractivity contribution is -0.120. The van der Waals surface area contributed by atoms with Crippen LogP contribution in [0, 0.1) is 5.92 Å². The topological polar surface area (TPSA) is 89.8 Å². The monoisotopic (exact) mass is 338 g/mol. The van der Waals surface area contributed by atoms with Crippen LogP contribution in [-0.4, -0.2) is 28.5 Å². The molecule has 0 aliphatic carbocycles. The lowest BCUT2D eigenvalue weighted by Gasteiger charge is -2.15. The Labute approximate surface area is 123 Å². The molecule has 0 radical (unpaired) electrons. The number of H-pyrrole nitrogens is 2. The fourth-order valence-corrected chi connectivity index (χ4v) is 3.04. The molecule has 1 fully saturated rings. The van der Waals surface area contributed by atoms with Gasteiger partial charge < -0.3 is 20.6 Å². The van der Waals surface area contributed by atoms with E-state index in [9.17, 15) is 9.59 Å². The Balaban J connectivity index is 1.88. The summed E-state index contributed by atoms with van der Waals surface area (Å²) in [6.07, 6.45) is 0.841. The predicted molar refractivity (Wildman–Crippen MR) is 80.8 cm³/mol. The number of rotatable bonds is 2. The zero-order chi connectivity index (χ0) is 14.3. The van der Waals surface area contributed by atoms with Crippen molar-refractivity contribution in [2.45, 2.75) is 19.4 Å². The molecule has 1 aromatic carbocycles. The molecule has 20 heavy (non-hydrogen) atoms. The molecule has 4 N–H and O–H groups in total. The van der Waals surface area contributed by atoms with E-state index in [0.29, 0.717) is 16.7 Å². The van der Waals surface area contributed by atoms with Crippen LogP contribution >= 0.6 is 15.9 Å². The molecule has 1 aliphatic heterocycles. The van der Waals surface area contributed by atoms with Crippen LogP contribution in [0.25, 0.3) is 11.0 Å². The van der Waals surface area contributed by atoms with Gasteiger partial charge in [-0.05, 0) is 48.0 Å². The molecular formula is C13H15BrN4O2. The quantitative estimate of drug-likeness (QED) is 0.669. The highest BCUT2D eigenvalue weighted by atomic mass is 79.9. The highest BCUT2D eigenvalue weighted by molar-refractivity contribution is 9.10. The smallest absolute Gasteiger partial charge is 0.323 e. The van der Waals surface area contributed by atoms with Crippen molar-refractivity contribution >= 4 is 38.6 Å². The largest absolute Gasteiger partial charge is 0.325 e. The number of halogens is 1. The summed E-state index contributed by atoms with van der Waals surface area (Å²) in [6.45, 7) is 2.88. The summed E-state index contributed by atoms with van der Waals surface area (Å²) in [5.41, 5.74) is 1.78. The molecular weight excluding hydrogens is 324 g/mol. The van der Waals surface area contributed by atoms with Gasteiger partial charge in [-0.2, -0.15) is 0 Å². The Hall–Kier alpha value is -1.60. The minimum Gasteiger partial charge on any atom is -0.325 e. The van der Waals surface area contributed by atoms with E-state index < -0.39 is 0 Å². The lowest BCUT2D eigenvalue weighted by atomic mass is 10.0. The molecule has 1 saturated heterocycles. The number of nitrogens with one attached hydrogen (secondary N) is 4. The van der Waals surface area contributed by atoms with Crippen LogP contribution in [0.3, 0.4) is 0 Å². The predicted octanol–water partition coefficient (Wildman–Crippen LogP) is 1.56. The average Bonchev–Trinajstić information content (AvgIpc) is 2.94. The third-order valence-corrected chi connectivity index (χ3v) is 4.38. The van der Waals surface area contributed by atoms with Crippen LogP contribution in [0.5, 0.6) is 0 Å². The molecule has 0 bridgehead atoms. The van der Waals surface area contributed by atoms with Crippen LogP contribution in [0.15, 0.2) is 21.4 Å². The van der Waals surface area contributed by atoms with Crippen molar-refractivity contribution in [1.82, 2.24) is 15.3 Å². The van der Waals surface area contributed by atoms with Gasteiger partial charge in [0.15, 0.2) is 0 Å². The molecule has 2 aromatic rings. The van der Waals surface area contributed by atoms with Gasteiger partial charge in [0.05, 0.1) is 22.6 Å². The lowest BCUT2D eigenvalue weighted by Crippen LogP contribution is -2.32. The van der Waals surface area contributed by atoms with Crippen molar-refractivity contribution in [2.24, 2.45) is 5.92 Å². The standard InChI is InChI=1S/C13H15BrN4O2/c1-6-7(2-3-15-6)12(19)16-9-5-11-10(4-8(9)14)17-13(20)18-11/h4-7,15H,2-3H2,1H3,(H,16,19)(H2,17,18,20). The molecule has 3 rings (SSSR count). The first-order valence-corrected chi connectivity index (χ1v) is 7.29. The van der Waals surface area contributed by atoms with E-state index in [1.165, 1.54) is 0 Å². The Morgan fingerprint density at radius 1 is 1.35 bits per heavy atom. The van der Waals surface area contributed by atoms with Gasteiger partial charge in [-0.3, -0.25) is 4.79 Å². The number of carbonyl (C=O) groups is 1. The number of imidazole rings is 1. The maximum Gasteiger partial charge on any atom is 0.323 e. The number of aromatic amines is 2. The van der Waals surface area contributed by atoms with E-state index in [4.69, 9.17) is 0 Å². The summed E-state index contributed by atoms with van der Waals surface area (Å²) in [5, 5.41) is 6.18. The molecule has 0 saturated carbocycles. The maximum atomic E-state index is 12.3. The number of aromatic nitrogens is 2. The van der Waals surface area contributed by atoms with E-state index in [0.717, 1.165) is 17.4 Å². The van der Waals surface area contributed by atoms with Crippen molar-refractivity contribution in [2.75, 3.05) is 11.9 Å². The highest BCUT2D eigenvalue weighted by Gasteiger charge is 2.29. The Bertz CT molecular complexity index is 721. The summed E-state index contributed by atoms with van der Waals surface area (Å²) >= 11 is 3.41. The highest BCUT2D eigenvalue weighted by Crippen LogP contribution is 2.27. The Morgan fingerprint density at radius 2 is 2.05 bits per heavy atom. The second kappa shape index (κ2) is 5.06. The molecule has 0 spiro atoms. The number of carbonyl (C=O) groups excluding carboxylic acids is 1. The van der Waals surface area contributed by atoms with E-state index in [2.05, 4.69) is 36.5 Å². The van der Waals surface area contributed by atoms with Crippen LogP contribution < -0.4 is 16.3 Å². The van der Waals surface area contributed by atoms with Crippen molar-refractivity contribution < 1.29 is 4.79 Å². The molecule has 2 heterocycles. The first kappa shape index (κ1) is 13.4. The molecule has 2 unspecified atom stereocenters. The third-order valence-electron chi connectivity index (χ3n) is 3.72. The van der Waals surface area contributed by atoms with E-state index in [1.807, 2.05) is 6.92 Å². The SMILES string of the molecule is CC1NCCC1C(=O)Nc1cc2[nH]c(=O)[nH]c2cc1Br. The van der Waals surface area contributed by atoms with Crippen LogP contribution in [0.2, 0.25) is 0 Å². The summed E-state index contributed by atoms with van der Waals surface area (Å²) in [4.78, 5) is 28.9. The van der Waals surface area contributed by atoms with E-state index in [-0.39, 0.29) is 23.6 Å². The normalized spacial score (nSPS) is 22.3. The number of benzene rings is 1. The van der Waals surface area contributed by atoms with Crippen LogP contribution in [-0.2, 0) is 4.79 Å². The van der Waals surface area contributed by atoms with E-state index >= 15 is 0 Å². The molecule has 106 valence electrons. The molecule has 2 atom stereocenters. The van der Waals surface area contributed by atoms with Crippen molar-refractivity contribution in [3.05, 3.63) is 27.1 Å². The summed E-state index contributed by atoms with van der Waals surface area (Å²) in [7, 11) is 0. The summed E-state index contributed by atoms with van der Waals surface area (Å²) in [5.74, 6) is -0.0247. The van der Waals surface area contributed by atoms with Gasteiger partial charge in [-0.25, -0.2) is 4.79 Å². The van der Waals surface area contributed by atoms with Crippen molar-refractivity contribution in [3.8, 4) is 0 Å². The maximum absolute atomic E-state index is 12.3. The van der Waals surface area contributed by atoms with Crippen molar-refractivity contribution in [3.63, 3.8) is 0 Å². The summed E-state index contributed by atoms with van der Waals surface area (Å²) < 4.78 is 0.743. The average molecular weight is 339 g/mol.